The highest BCUT2D eigenvalue weighted by Crippen LogP contribution is 2.06. The van der Waals surface area contributed by atoms with E-state index in [1.165, 1.54) is 11.1 Å². The molecule has 0 saturated heterocycles. The summed E-state index contributed by atoms with van der Waals surface area (Å²) in [5.41, 5.74) is 2.39. The third-order valence-electron chi connectivity index (χ3n) is 3.34. The van der Waals surface area contributed by atoms with Gasteiger partial charge in [0.1, 0.15) is 0 Å². The highest BCUT2D eigenvalue weighted by atomic mass is 32.1. The summed E-state index contributed by atoms with van der Waals surface area (Å²) >= 11 is 1.66. The molecule has 1 heterocycles. The Bertz CT molecular complexity index is 626. The second-order valence-corrected chi connectivity index (χ2v) is 6.05. The van der Waals surface area contributed by atoms with Crippen LogP contribution in [0, 0.1) is 0 Å². The summed E-state index contributed by atoms with van der Waals surface area (Å²) in [6.07, 6.45) is 0.832. The highest BCUT2D eigenvalue weighted by Gasteiger charge is 2.03. The molecule has 2 rings (SSSR count). The number of nitrogens with one attached hydrogen (secondary N) is 3. The maximum absolute atomic E-state index is 11.9. The topological polar surface area (TPSA) is 65.5 Å². The Balaban J connectivity index is 1.70. The zero-order valence-electron chi connectivity index (χ0n) is 13.9. The van der Waals surface area contributed by atoms with Gasteiger partial charge in [-0.05, 0) is 41.3 Å². The van der Waals surface area contributed by atoms with E-state index in [2.05, 4.69) is 38.5 Å². The van der Waals surface area contributed by atoms with Crippen molar-refractivity contribution >= 4 is 23.2 Å². The number of carbonyl (C=O) groups excluding carboxylic acids is 1. The first kappa shape index (κ1) is 18.0. The van der Waals surface area contributed by atoms with E-state index >= 15 is 0 Å². The Hall–Kier alpha value is -2.34. The van der Waals surface area contributed by atoms with E-state index in [-0.39, 0.29) is 12.5 Å². The predicted octanol–water partition coefficient (Wildman–Crippen LogP) is 2.16. The minimum absolute atomic E-state index is 0.0351. The van der Waals surface area contributed by atoms with Gasteiger partial charge in [-0.1, -0.05) is 30.3 Å². The molecular formula is C18H24N4OS. The largest absolute Gasteiger partial charge is 0.357 e. The number of aliphatic imine (C=N–C) groups is 1. The standard InChI is InChI=1S/C18H24N4OS/c1-2-19-18(21-12-16-9-11-24-14-16)22-13-17(23)20-10-8-15-6-4-3-5-7-15/h3-7,9,11,14H,2,8,10,12-13H2,1H3,(H,20,23)(H2,19,21,22). The molecule has 128 valence electrons. The van der Waals surface area contributed by atoms with Crippen LogP contribution in [0.2, 0.25) is 0 Å². The quantitative estimate of drug-likeness (QED) is 0.508. The fraction of sp³-hybridized carbons (Fsp3) is 0.333. The highest BCUT2D eigenvalue weighted by molar-refractivity contribution is 7.07. The molecule has 0 aliphatic carbocycles. The van der Waals surface area contributed by atoms with Crippen LogP contribution in [-0.4, -0.2) is 31.5 Å². The fourth-order valence-corrected chi connectivity index (χ4v) is 2.77. The monoisotopic (exact) mass is 344 g/mol. The van der Waals surface area contributed by atoms with E-state index < -0.39 is 0 Å². The normalized spacial score (nSPS) is 11.1. The molecule has 0 aliphatic heterocycles. The predicted molar refractivity (Wildman–Crippen MR) is 100 cm³/mol. The van der Waals surface area contributed by atoms with Crippen molar-refractivity contribution < 1.29 is 4.79 Å². The van der Waals surface area contributed by atoms with E-state index in [1.54, 1.807) is 11.3 Å². The number of hydrogen-bond acceptors (Lipinski definition) is 3. The lowest BCUT2D eigenvalue weighted by atomic mass is 10.1. The Morgan fingerprint density at radius 2 is 1.92 bits per heavy atom. The number of guanidine groups is 1. The maximum Gasteiger partial charge on any atom is 0.239 e. The van der Waals surface area contributed by atoms with Gasteiger partial charge in [-0.25, -0.2) is 4.99 Å². The summed E-state index contributed by atoms with van der Waals surface area (Å²) in [6, 6.07) is 12.2. The molecule has 1 aromatic carbocycles. The van der Waals surface area contributed by atoms with Gasteiger partial charge in [0.2, 0.25) is 5.91 Å². The van der Waals surface area contributed by atoms with Gasteiger partial charge in [0.15, 0.2) is 5.96 Å². The van der Waals surface area contributed by atoms with Gasteiger partial charge in [0.25, 0.3) is 0 Å². The van der Waals surface area contributed by atoms with Gasteiger partial charge in [0.05, 0.1) is 13.1 Å². The Morgan fingerprint density at radius 3 is 2.62 bits per heavy atom. The lowest BCUT2D eigenvalue weighted by Crippen LogP contribution is -2.43. The molecule has 0 saturated carbocycles. The van der Waals surface area contributed by atoms with Crippen LogP contribution in [0.25, 0.3) is 0 Å². The zero-order chi connectivity index (χ0) is 17.0. The van der Waals surface area contributed by atoms with Gasteiger partial charge in [-0.15, -0.1) is 0 Å². The van der Waals surface area contributed by atoms with E-state index in [0.717, 1.165) is 13.0 Å². The van der Waals surface area contributed by atoms with Crippen LogP contribution < -0.4 is 16.0 Å². The van der Waals surface area contributed by atoms with E-state index in [9.17, 15) is 4.79 Å². The molecule has 0 atom stereocenters. The summed E-state index contributed by atoms with van der Waals surface area (Å²) in [5, 5.41) is 13.2. The van der Waals surface area contributed by atoms with Crippen molar-refractivity contribution in [1.29, 1.82) is 0 Å². The number of thiophene rings is 1. The van der Waals surface area contributed by atoms with Crippen molar-refractivity contribution in [2.75, 3.05) is 19.6 Å². The molecule has 1 aromatic heterocycles. The van der Waals surface area contributed by atoms with Crippen molar-refractivity contribution in [3.05, 3.63) is 58.3 Å². The summed E-state index contributed by atoms with van der Waals surface area (Å²) in [5.74, 6) is 0.619. The SMILES string of the molecule is CCNC(=NCc1ccsc1)NCC(=O)NCCc1ccccc1. The zero-order valence-corrected chi connectivity index (χ0v) is 14.7. The molecule has 0 fully saturated rings. The van der Waals surface area contributed by atoms with Crippen molar-refractivity contribution in [3.63, 3.8) is 0 Å². The minimum Gasteiger partial charge on any atom is -0.357 e. The summed E-state index contributed by atoms with van der Waals surface area (Å²) in [7, 11) is 0. The maximum atomic E-state index is 11.9. The third-order valence-corrected chi connectivity index (χ3v) is 4.07. The van der Waals surface area contributed by atoms with Crippen LogP contribution in [0.1, 0.15) is 18.1 Å². The summed E-state index contributed by atoms with van der Waals surface area (Å²) in [4.78, 5) is 16.4. The minimum atomic E-state index is -0.0351. The molecule has 0 bridgehead atoms. The molecule has 2 aromatic rings. The van der Waals surface area contributed by atoms with Gasteiger partial charge in [-0.3, -0.25) is 4.79 Å². The second-order valence-electron chi connectivity index (χ2n) is 5.27. The van der Waals surface area contributed by atoms with Crippen LogP contribution in [0.15, 0.2) is 52.2 Å². The number of nitrogens with zero attached hydrogens (tertiary/aromatic N) is 1. The number of benzene rings is 1. The molecule has 3 N–H and O–H groups in total. The molecular weight excluding hydrogens is 320 g/mol. The van der Waals surface area contributed by atoms with Crippen molar-refractivity contribution in [2.24, 2.45) is 4.99 Å². The molecule has 24 heavy (non-hydrogen) atoms. The van der Waals surface area contributed by atoms with Gasteiger partial charge >= 0.3 is 0 Å². The van der Waals surface area contributed by atoms with Gasteiger partial charge in [-0.2, -0.15) is 11.3 Å². The second kappa shape index (κ2) is 10.4. The number of hydrogen-bond donors (Lipinski definition) is 3. The first-order chi connectivity index (χ1) is 11.8. The molecule has 0 spiro atoms. The number of amides is 1. The van der Waals surface area contributed by atoms with Crippen LogP contribution in [0.5, 0.6) is 0 Å². The van der Waals surface area contributed by atoms with E-state index in [0.29, 0.717) is 19.0 Å². The molecule has 0 unspecified atom stereocenters. The Morgan fingerprint density at radius 1 is 1.08 bits per heavy atom. The Kier molecular flexibility index (Phi) is 7.83. The average Bonchev–Trinajstić information content (AvgIpc) is 3.12. The average molecular weight is 344 g/mol. The van der Waals surface area contributed by atoms with Gasteiger partial charge in [0, 0.05) is 13.1 Å². The lowest BCUT2D eigenvalue weighted by molar-refractivity contribution is -0.119. The van der Waals surface area contributed by atoms with Crippen molar-refractivity contribution in [3.8, 4) is 0 Å². The van der Waals surface area contributed by atoms with Crippen LogP contribution in [0.4, 0.5) is 0 Å². The smallest absolute Gasteiger partial charge is 0.239 e. The molecule has 1 amide bonds. The Labute approximate surface area is 147 Å². The van der Waals surface area contributed by atoms with E-state index in [1.807, 2.05) is 36.6 Å². The first-order valence-electron chi connectivity index (χ1n) is 8.12. The molecule has 0 aliphatic rings. The van der Waals surface area contributed by atoms with E-state index in [4.69, 9.17) is 0 Å². The van der Waals surface area contributed by atoms with Gasteiger partial charge < -0.3 is 16.0 Å². The van der Waals surface area contributed by atoms with Crippen molar-refractivity contribution in [1.82, 2.24) is 16.0 Å². The lowest BCUT2D eigenvalue weighted by Gasteiger charge is -2.11. The number of rotatable bonds is 8. The number of carbonyl (C=O) groups is 1. The molecule has 6 heteroatoms. The van der Waals surface area contributed by atoms with Crippen LogP contribution in [0.3, 0.4) is 0 Å². The van der Waals surface area contributed by atoms with Crippen molar-refractivity contribution in [2.45, 2.75) is 19.9 Å². The summed E-state index contributed by atoms with van der Waals surface area (Å²) in [6.45, 7) is 4.21. The summed E-state index contributed by atoms with van der Waals surface area (Å²) < 4.78 is 0. The van der Waals surface area contributed by atoms with Crippen LogP contribution >= 0.6 is 11.3 Å². The molecule has 5 nitrogen and oxygen atoms in total. The molecule has 0 radical (unpaired) electrons. The van der Waals surface area contributed by atoms with Crippen LogP contribution in [-0.2, 0) is 17.8 Å². The fourth-order valence-electron chi connectivity index (χ4n) is 2.11. The third kappa shape index (κ3) is 6.83. The first-order valence-corrected chi connectivity index (χ1v) is 9.06.